The van der Waals surface area contributed by atoms with E-state index in [1.807, 2.05) is 49.6 Å². The summed E-state index contributed by atoms with van der Waals surface area (Å²) in [5.41, 5.74) is 12.2. The van der Waals surface area contributed by atoms with Gasteiger partial charge in [0.25, 0.3) is 0 Å². The van der Waals surface area contributed by atoms with Crippen LogP contribution < -0.4 is 22.1 Å². The quantitative estimate of drug-likeness (QED) is 0.481. The third-order valence-electron chi connectivity index (χ3n) is 4.51. The maximum absolute atomic E-state index is 12.2. The van der Waals surface area contributed by atoms with Crippen molar-refractivity contribution in [1.82, 2.24) is 10.6 Å². The van der Waals surface area contributed by atoms with Crippen LogP contribution in [0.25, 0.3) is 0 Å². The molecule has 0 fully saturated rings. The fraction of sp³-hybridized carbons (Fsp3) is 0.409. The average molecular weight is 433 g/mol. The van der Waals surface area contributed by atoms with Gasteiger partial charge in [-0.15, -0.1) is 11.3 Å². The second kappa shape index (κ2) is 13.5. The van der Waals surface area contributed by atoms with Crippen LogP contribution in [-0.4, -0.2) is 36.3 Å². The fourth-order valence-corrected chi connectivity index (χ4v) is 3.28. The van der Waals surface area contributed by atoms with E-state index in [1.54, 1.807) is 0 Å². The molecule has 7 nitrogen and oxygen atoms in total. The van der Waals surface area contributed by atoms with Crippen LogP contribution in [0, 0.1) is 12.8 Å². The van der Waals surface area contributed by atoms with Gasteiger partial charge in [0, 0.05) is 11.3 Å². The van der Waals surface area contributed by atoms with Crippen LogP contribution in [0.2, 0.25) is 0 Å². The molecule has 0 bridgehead atoms. The SMILES string of the molecule is CCC(C)C(NC(=O)C(N)Cc1cccs1)C(=O)NCC(N)=O.Cc1ccccc1. The van der Waals surface area contributed by atoms with Crippen LogP contribution in [0.1, 0.15) is 30.7 Å². The predicted octanol–water partition coefficient (Wildman–Crippen LogP) is 1.75. The second-order valence-corrected chi connectivity index (χ2v) is 8.13. The molecule has 0 aliphatic carbocycles. The Morgan fingerprint density at radius 3 is 2.20 bits per heavy atom. The Hall–Kier alpha value is -2.71. The largest absolute Gasteiger partial charge is 0.368 e. The molecule has 1 heterocycles. The first kappa shape index (κ1) is 25.3. The number of nitrogens with one attached hydrogen (secondary N) is 2. The normalized spacial score (nSPS) is 13.2. The van der Waals surface area contributed by atoms with E-state index >= 15 is 0 Å². The first-order chi connectivity index (χ1) is 14.2. The summed E-state index contributed by atoms with van der Waals surface area (Å²) in [6.07, 6.45) is 1.11. The Labute approximate surface area is 182 Å². The van der Waals surface area contributed by atoms with E-state index in [9.17, 15) is 14.4 Å². The monoisotopic (exact) mass is 432 g/mol. The highest BCUT2D eigenvalue weighted by Crippen LogP contribution is 2.12. The molecule has 0 saturated heterocycles. The summed E-state index contributed by atoms with van der Waals surface area (Å²) < 4.78 is 0. The summed E-state index contributed by atoms with van der Waals surface area (Å²) in [5, 5.41) is 7.02. The van der Waals surface area contributed by atoms with Crippen molar-refractivity contribution in [2.75, 3.05) is 6.54 Å². The minimum absolute atomic E-state index is 0.0965. The first-order valence-electron chi connectivity index (χ1n) is 9.90. The number of thiophene rings is 1. The van der Waals surface area contributed by atoms with Crippen molar-refractivity contribution in [1.29, 1.82) is 0 Å². The Morgan fingerprint density at radius 1 is 1.07 bits per heavy atom. The molecular weight excluding hydrogens is 400 g/mol. The van der Waals surface area contributed by atoms with Crippen molar-refractivity contribution in [2.45, 2.75) is 45.7 Å². The molecule has 0 saturated carbocycles. The van der Waals surface area contributed by atoms with Gasteiger partial charge >= 0.3 is 0 Å². The van der Waals surface area contributed by atoms with E-state index < -0.39 is 29.8 Å². The summed E-state index contributed by atoms with van der Waals surface area (Å²) in [6, 6.07) is 12.6. The number of carbonyl (C=O) groups is 3. The van der Waals surface area contributed by atoms with Gasteiger partial charge in [-0.3, -0.25) is 14.4 Å². The molecule has 2 rings (SSSR count). The van der Waals surface area contributed by atoms with Gasteiger partial charge < -0.3 is 22.1 Å². The van der Waals surface area contributed by atoms with Crippen molar-refractivity contribution in [2.24, 2.45) is 17.4 Å². The zero-order valence-corrected chi connectivity index (χ0v) is 18.6. The molecule has 8 heteroatoms. The van der Waals surface area contributed by atoms with Crippen LogP contribution in [0.5, 0.6) is 0 Å². The number of nitrogens with two attached hydrogens (primary N) is 2. The minimum atomic E-state index is -0.749. The van der Waals surface area contributed by atoms with Crippen molar-refractivity contribution in [3.05, 3.63) is 58.3 Å². The fourth-order valence-electron chi connectivity index (χ4n) is 2.52. The van der Waals surface area contributed by atoms with Gasteiger partial charge in [0.2, 0.25) is 17.7 Å². The van der Waals surface area contributed by atoms with Gasteiger partial charge in [0.15, 0.2) is 0 Å². The maximum Gasteiger partial charge on any atom is 0.243 e. The van der Waals surface area contributed by atoms with Crippen LogP contribution in [0.4, 0.5) is 0 Å². The van der Waals surface area contributed by atoms with E-state index in [0.29, 0.717) is 12.8 Å². The Balaban J connectivity index is 0.000000539. The smallest absolute Gasteiger partial charge is 0.243 e. The molecule has 0 aliphatic heterocycles. The van der Waals surface area contributed by atoms with E-state index in [1.165, 1.54) is 16.9 Å². The molecule has 0 aliphatic rings. The Kier molecular flexibility index (Phi) is 11.4. The van der Waals surface area contributed by atoms with Crippen LogP contribution in [0.15, 0.2) is 47.8 Å². The molecule has 3 unspecified atom stereocenters. The lowest BCUT2D eigenvalue weighted by atomic mass is 9.97. The molecule has 0 radical (unpaired) electrons. The second-order valence-electron chi connectivity index (χ2n) is 7.10. The summed E-state index contributed by atoms with van der Waals surface area (Å²) in [5.74, 6) is -1.56. The van der Waals surface area contributed by atoms with Gasteiger partial charge in [0.1, 0.15) is 6.04 Å². The topological polar surface area (TPSA) is 127 Å². The highest BCUT2D eigenvalue weighted by atomic mass is 32.1. The lowest BCUT2D eigenvalue weighted by Crippen LogP contribution is -2.55. The average Bonchev–Trinajstić information content (AvgIpc) is 3.23. The first-order valence-corrected chi connectivity index (χ1v) is 10.8. The molecule has 3 atom stereocenters. The van der Waals surface area contributed by atoms with Crippen molar-refractivity contribution in [3.63, 3.8) is 0 Å². The molecule has 3 amide bonds. The zero-order valence-electron chi connectivity index (χ0n) is 17.8. The van der Waals surface area contributed by atoms with Crippen molar-refractivity contribution >= 4 is 29.1 Å². The van der Waals surface area contributed by atoms with E-state index in [-0.39, 0.29) is 12.5 Å². The number of hydrogen-bond acceptors (Lipinski definition) is 5. The molecule has 164 valence electrons. The third kappa shape index (κ3) is 9.67. The number of amides is 3. The number of benzene rings is 1. The van der Waals surface area contributed by atoms with Gasteiger partial charge in [0.05, 0.1) is 12.6 Å². The highest BCUT2D eigenvalue weighted by molar-refractivity contribution is 7.09. The van der Waals surface area contributed by atoms with Gasteiger partial charge in [-0.1, -0.05) is 62.2 Å². The summed E-state index contributed by atoms with van der Waals surface area (Å²) >= 11 is 1.53. The van der Waals surface area contributed by atoms with E-state index in [0.717, 1.165) is 4.88 Å². The van der Waals surface area contributed by atoms with Crippen molar-refractivity contribution in [3.8, 4) is 0 Å². The van der Waals surface area contributed by atoms with Gasteiger partial charge in [-0.2, -0.15) is 0 Å². The molecule has 0 spiro atoms. The number of hydrogen-bond donors (Lipinski definition) is 4. The standard InChI is InChI=1S/C15H24N4O3S.C7H8/c1-3-9(2)13(15(22)18-8-12(17)20)19-14(21)11(16)7-10-5-4-6-23-10;1-7-5-3-2-4-6-7/h4-6,9,11,13H,3,7-8,16H2,1-2H3,(H2,17,20)(H,18,22)(H,19,21);2-6H,1H3. The molecule has 1 aromatic heterocycles. The van der Waals surface area contributed by atoms with Crippen LogP contribution >= 0.6 is 11.3 Å². The summed E-state index contributed by atoms with van der Waals surface area (Å²) in [7, 11) is 0. The minimum Gasteiger partial charge on any atom is -0.368 e. The molecular formula is C22H32N4O3S. The summed E-state index contributed by atoms with van der Waals surface area (Å²) in [4.78, 5) is 36.2. The molecule has 1 aromatic carbocycles. The Morgan fingerprint density at radius 2 is 1.73 bits per heavy atom. The van der Waals surface area contributed by atoms with Gasteiger partial charge in [-0.05, 0) is 24.3 Å². The molecule has 30 heavy (non-hydrogen) atoms. The number of aryl methyl sites for hydroxylation is 1. The maximum atomic E-state index is 12.2. The molecule has 6 N–H and O–H groups in total. The predicted molar refractivity (Wildman–Crippen MR) is 121 cm³/mol. The zero-order chi connectivity index (χ0) is 22.5. The number of carbonyl (C=O) groups excluding carboxylic acids is 3. The lowest BCUT2D eigenvalue weighted by Gasteiger charge is -2.24. The number of rotatable bonds is 9. The Bertz CT molecular complexity index is 781. The van der Waals surface area contributed by atoms with E-state index in [2.05, 4.69) is 29.7 Å². The number of primary amides is 1. The van der Waals surface area contributed by atoms with Crippen molar-refractivity contribution < 1.29 is 14.4 Å². The lowest BCUT2D eigenvalue weighted by molar-refractivity contribution is -0.131. The highest BCUT2D eigenvalue weighted by Gasteiger charge is 2.28. The van der Waals surface area contributed by atoms with E-state index in [4.69, 9.17) is 11.5 Å². The summed E-state index contributed by atoms with van der Waals surface area (Å²) in [6.45, 7) is 5.58. The van der Waals surface area contributed by atoms with Gasteiger partial charge in [-0.25, -0.2) is 0 Å². The third-order valence-corrected chi connectivity index (χ3v) is 5.41. The van der Waals surface area contributed by atoms with Crippen LogP contribution in [-0.2, 0) is 20.8 Å². The van der Waals surface area contributed by atoms with Crippen LogP contribution in [0.3, 0.4) is 0 Å². The molecule has 2 aromatic rings.